The minimum Gasteiger partial charge on any atom is -0.465 e. The zero-order valence-electron chi connectivity index (χ0n) is 8.00. The highest BCUT2D eigenvalue weighted by atomic mass is 35.5. The van der Waals surface area contributed by atoms with Gasteiger partial charge in [0.25, 0.3) is 0 Å². The normalized spacial score (nSPS) is 12.2. The summed E-state index contributed by atoms with van der Waals surface area (Å²) >= 11 is 5.73. The third-order valence-corrected chi connectivity index (χ3v) is 2.18. The smallest absolute Gasteiger partial charge is 0.364 e. The molecule has 1 rings (SSSR count). The van der Waals surface area contributed by atoms with Gasteiger partial charge < -0.3 is 10.5 Å². The number of rotatable bonds is 3. The van der Waals surface area contributed by atoms with E-state index >= 15 is 0 Å². The van der Waals surface area contributed by atoms with Crippen LogP contribution in [0.15, 0.2) is 24.3 Å². The van der Waals surface area contributed by atoms with E-state index in [-0.39, 0.29) is 12.0 Å². The molecule has 1 aromatic carbocycles. The van der Waals surface area contributed by atoms with Gasteiger partial charge in [0.05, 0.1) is 7.11 Å². The molecule has 0 amide bonds. The lowest BCUT2D eigenvalue weighted by Gasteiger charge is -2.05. The summed E-state index contributed by atoms with van der Waals surface area (Å²) < 4.78 is 4.58. The number of methoxy groups -OCH3 is 1. The SMILES string of the molecule is COC(=O)C([NH3+])Cc1ccc(Cl)cc1. The van der Waals surface area contributed by atoms with E-state index in [1.165, 1.54) is 7.11 Å². The Kier molecular flexibility index (Phi) is 3.92. The molecule has 4 heteroatoms. The van der Waals surface area contributed by atoms with Crippen LogP contribution in [0.1, 0.15) is 5.56 Å². The fourth-order valence-corrected chi connectivity index (χ4v) is 1.28. The van der Waals surface area contributed by atoms with Crippen LogP contribution < -0.4 is 5.73 Å². The van der Waals surface area contributed by atoms with Gasteiger partial charge in [-0.1, -0.05) is 23.7 Å². The van der Waals surface area contributed by atoms with Crippen LogP contribution in [0.5, 0.6) is 0 Å². The zero-order chi connectivity index (χ0) is 10.6. The number of hydrogen-bond acceptors (Lipinski definition) is 2. The molecule has 3 N–H and O–H groups in total. The number of hydrogen-bond donors (Lipinski definition) is 1. The third-order valence-electron chi connectivity index (χ3n) is 1.93. The second kappa shape index (κ2) is 4.98. The van der Waals surface area contributed by atoms with Gasteiger partial charge in [-0.3, -0.25) is 0 Å². The summed E-state index contributed by atoms with van der Waals surface area (Å²) in [5.41, 5.74) is 4.75. The van der Waals surface area contributed by atoms with Gasteiger partial charge in [-0.2, -0.15) is 0 Å². The molecule has 0 heterocycles. The number of ether oxygens (including phenoxy) is 1. The van der Waals surface area contributed by atoms with E-state index in [0.717, 1.165) is 5.56 Å². The molecular weight excluding hydrogens is 202 g/mol. The third kappa shape index (κ3) is 3.01. The molecule has 3 nitrogen and oxygen atoms in total. The van der Waals surface area contributed by atoms with Crippen molar-refractivity contribution < 1.29 is 15.3 Å². The number of carbonyl (C=O) groups excluding carboxylic acids is 1. The van der Waals surface area contributed by atoms with E-state index in [2.05, 4.69) is 10.5 Å². The largest absolute Gasteiger partial charge is 0.465 e. The summed E-state index contributed by atoms with van der Waals surface area (Å²) in [6, 6.07) is 6.98. The average molecular weight is 215 g/mol. The first-order valence-electron chi connectivity index (χ1n) is 4.29. The van der Waals surface area contributed by atoms with Crippen LogP contribution in [0.2, 0.25) is 5.02 Å². The van der Waals surface area contributed by atoms with Crippen molar-refractivity contribution in [2.24, 2.45) is 0 Å². The topological polar surface area (TPSA) is 53.9 Å². The highest BCUT2D eigenvalue weighted by Crippen LogP contribution is 2.10. The highest BCUT2D eigenvalue weighted by molar-refractivity contribution is 6.30. The fourth-order valence-electron chi connectivity index (χ4n) is 1.16. The first-order valence-corrected chi connectivity index (χ1v) is 4.66. The van der Waals surface area contributed by atoms with Gasteiger partial charge in [0.2, 0.25) is 0 Å². The van der Waals surface area contributed by atoms with E-state index in [1.54, 1.807) is 12.1 Å². The Labute approximate surface area is 87.8 Å². The average Bonchev–Trinajstić information content (AvgIpc) is 2.20. The summed E-state index contributed by atoms with van der Waals surface area (Å²) in [6.45, 7) is 0. The molecule has 0 aliphatic carbocycles. The zero-order valence-corrected chi connectivity index (χ0v) is 8.75. The molecular formula is C10H13ClNO2+. The number of esters is 1. The van der Waals surface area contributed by atoms with E-state index in [0.29, 0.717) is 11.4 Å². The molecule has 14 heavy (non-hydrogen) atoms. The number of benzene rings is 1. The Morgan fingerprint density at radius 1 is 1.50 bits per heavy atom. The number of quaternary nitrogens is 1. The van der Waals surface area contributed by atoms with Gasteiger partial charge in [-0.15, -0.1) is 0 Å². The Balaban J connectivity index is 2.60. The van der Waals surface area contributed by atoms with Gasteiger partial charge in [-0.25, -0.2) is 4.79 Å². The number of carbonyl (C=O) groups is 1. The molecule has 1 unspecified atom stereocenters. The van der Waals surface area contributed by atoms with Gasteiger partial charge in [0, 0.05) is 11.4 Å². The molecule has 1 atom stereocenters. The van der Waals surface area contributed by atoms with Crippen LogP contribution >= 0.6 is 11.6 Å². The van der Waals surface area contributed by atoms with Crippen LogP contribution in [0.25, 0.3) is 0 Å². The lowest BCUT2D eigenvalue weighted by Crippen LogP contribution is -2.66. The van der Waals surface area contributed by atoms with Crippen molar-refractivity contribution in [1.29, 1.82) is 0 Å². The molecule has 0 aliphatic heterocycles. The van der Waals surface area contributed by atoms with Crippen LogP contribution in [-0.2, 0) is 16.0 Å². The molecule has 0 radical (unpaired) electrons. The maximum Gasteiger partial charge on any atom is 0.364 e. The van der Waals surface area contributed by atoms with Crippen molar-refractivity contribution in [3.63, 3.8) is 0 Å². The van der Waals surface area contributed by atoms with Gasteiger partial charge >= 0.3 is 5.97 Å². The molecule has 0 aliphatic rings. The number of halogens is 1. The van der Waals surface area contributed by atoms with Crippen molar-refractivity contribution in [2.75, 3.05) is 7.11 Å². The second-order valence-electron chi connectivity index (χ2n) is 3.05. The minimum absolute atomic E-state index is 0.292. The summed E-state index contributed by atoms with van der Waals surface area (Å²) in [5, 5.41) is 0.687. The van der Waals surface area contributed by atoms with Crippen LogP contribution in [0.3, 0.4) is 0 Å². The quantitative estimate of drug-likeness (QED) is 0.752. The highest BCUT2D eigenvalue weighted by Gasteiger charge is 2.17. The van der Waals surface area contributed by atoms with Crippen LogP contribution in [0, 0.1) is 0 Å². The minimum atomic E-state index is -0.360. The first-order chi connectivity index (χ1) is 6.63. The van der Waals surface area contributed by atoms with E-state index < -0.39 is 0 Å². The standard InChI is InChI=1S/C10H12ClNO2/c1-14-10(13)9(12)6-7-2-4-8(11)5-3-7/h2-5,9H,6,12H2,1H3/p+1. The van der Waals surface area contributed by atoms with Crippen molar-refractivity contribution in [2.45, 2.75) is 12.5 Å². The van der Waals surface area contributed by atoms with Gasteiger partial charge in [0.15, 0.2) is 6.04 Å². The van der Waals surface area contributed by atoms with E-state index in [9.17, 15) is 4.79 Å². The first kappa shape index (κ1) is 11.0. The molecule has 76 valence electrons. The molecule has 1 aromatic rings. The molecule has 0 saturated heterocycles. The van der Waals surface area contributed by atoms with Crippen molar-refractivity contribution in [3.8, 4) is 0 Å². The van der Waals surface area contributed by atoms with Crippen molar-refractivity contribution in [3.05, 3.63) is 34.9 Å². The van der Waals surface area contributed by atoms with Crippen molar-refractivity contribution in [1.82, 2.24) is 0 Å². The van der Waals surface area contributed by atoms with Crippen molar-refractivity contribution >= 4 is 17.6 Å². The molecule has 0 aromatic heterocycles. The van der Waals surface area contributed by atoms with Crippen LogP contribution in [-0.4, -0.2) is 19.1 Å². The van der Waals surface area contributed by atoms with Gasteiger partial charge in [0.1, 0.15) is 0 Å². The maximum absolute atomic E-state index is 11.1. The Morgan fingerprint density at radius 2 is 2.07 bits per heavy atom. The Hall–Kier alpha value is -1.06. The summed E-state index contributed by atoms with van der Waals surface area (Å²) in [6.07, 6.45) is 0.573. The van der Waals surface area contributed by atoms with Gasteiger partial charge in [-0.05, 0) is 17.7 Å². The summed E-state index contributed by atoms with van der Waals surface area (Å²) in [5.74, 6) is -0.292. The second-order valence-corrected chi connectivity index (χ2v) is 3.49. The molecule has 0 fully saturated rings. The Bertz CT molecular complexity index is 310. The predicted molar refractivity (Wildman–Crippen MR) is 53.8 cm³/mol. The molecule has 0 bridgehead atoms. The molecule has 0 saturated carbocycles. The van der Waals surface area contributed by atoms with E-state index in [4.69, 9.17) is 11.6 Å². The maximum atomic E-state index is 11.1. The summed E-state index contributed by atoms with van der Waals surface area (Å²) in [7, 11) is 1.36. The monoisotopic (exact) mass is 214 g/mol. The fraction of sp³-hybridized carbons (Fsp3) is 0.300. The lowest BCUT2D eigenvalue weighted by atomic mass is 10.1. The van der Waals surface area contributed by atoms with E-state index in [1.807, 2.05) is 12.1 Å². The summed E-state index contributed by atoms with van der Waals surface area (Å²) in [4.78, 5) is 11.1. The van der Waals surface area contributed by atoms with Crippen LogP contribution in [0.4, 0.5) is 0 Å². The molecule has 0 spiro atoms. The Morgan fingerprint density at radius 3 is 2.57 bits per heavy atom. The predicted octanol–water partition coefficient (Wildman–Crippen LogP) is 0.666. The lowest BCUT2D eigenvalue weighted by molar-refractivity contribution is -0.407.